The van der Waals surface area contributed by atoms with E-state index in [9.17, 15) is 8.42 Å². The summed E-state index contributed by atoms with van der Waals surface area (Å²) in [5.74, 6) is 0. The van der Waals surface area contributed by atoms with Crippen LogP contribution in [0, 0.1) is 0 Å². The number of hydrogen-bond donors (Lipinski definition) is 1. The molecule has 0 radical (unpaired) electrons. The molecule has 7 heteroatoms. The van der Waals surface area contributed by atoms with Crippen molar-refractivity contribution in [2.45, 2.75) is 24.3 Å². The Kier molecular flexibility index (Phi) is 4.50. The second-order valence-corrected chi connectivity index (χ2v) is 7.40. The van der Waals surface area contributed by atoms with E-state index in [1.807, 2.05) is 6.92 Å². The third-order valence-corrected chi connectivity index (χ3v) is 5.44. The Labute approximate surface area is 121 Å². The number of sulfonamides is 1. The number of rotatable bonds is 2. The maximum absolute atomic E-state index is 12.6. The normalized spacial score (nSPS) is 22.1. The molecule has 1 aromatic rings. The molecule has 1 aromatic carbocycles. The van der Waals surface area contributed by atoms with Gasteiger partial charge in [0.25, 0.3) is 0 Å². The fourth-order valence-electron chi connectivity index (χ4n) is 2.07. The first kappa shape index (κ1) is 14.8. The van der Waals surface area contributed by atoms with Gasteiger partial charge in [-0.2, -0.15) is 4.31 Å². The van der Waals surface area contributed by atoms with Gasteiger partial charge in [-0.05, 0) is 31.5 Å². The fourth-order valence-corrected chi connectivity index (χ4v) is 4.10. The van der Waals surface area contributed by atoms with E-state index in [0.29, 0.717) is 26.1 Å². The summed E-state index contributed by atoms with van der Waals surface area (Å²) in [5, 5.41) is 0. The quantitative estimate of drug-likeness (QED) is 0.827. The lowest BCUT2D eigenvalue weighted by molar-refractivity contribution is 0.0752. The third-order valence-electron chi connectivity index (χ3n) is 3.00. The summed E-state index contributed by atoms with van der Waals surface area (Å²) in [6.45, 7) is 3.28. The monoisotopic (exact) mass is 348 g/mol. The van der Waals surface area contributed by atoms with Crippen molar-refractivity contribution in [2.75, 3.05) is 25.4 Å². The summed E-state index contributed by atoms with van der Waals surface area (Å²) in [4.78, 5) is 0.157. The minimum atomic E-state index is -3.56. The molecule has 1 aliphatic rings. The van der Waals surface area contributed by atoms with Crippen LogP contribution in [0.3, 0.4) is 0 Å². The highest BCUT2D eigenvalue weighted by Crippen LogP contribution is 2.26. The zero-order valence-corrected chi connectivity index (χ0v) is 13.1. The highest BCUT2D eigenvalue weighted by Gasteiger charge is 2.29. The zero-order chi connectivity index (χ0) is 14.0. The van der Waals surface area contributed by atoms with E-state index in [2.05, 4.69) is 15.9 Å². The van der Waals surface area contributed by atoms with Gasteiger partial charge in [-0.1, -0.05) is 15.9 Å². The number of hydrogen-bond acceptors (Lipinski definition) is 4. The van der Waals surface area contributed by atoms with Crippen molar-refractivity contribution < 1.29 is 13.2 Å². The summed E-state index contributed by atoms with van der Waals surface area (Å²) < 4.78 is 32.9. The second-order valence-electron chi connectivity index (χ2n) is 4.58. The van der Waals surface area contributed by atoms with E-state index >= 15 is 0 Å². The molecule has 0 spiro atoms. The van der Waals surface area contributed by atoms with Crippen molar-refractivity contribution in [1.82, 2.24) is 4.31 Å². The van der Waals surface area contributed by atoms with Gasteiger partial charge in [-0.3, -0.25) is 0 Å². The number of ether oxygens (including phenoxy) is 1. The van der Waals surface area contributed by atoms with Crippen molar-refractivity contribution >= 4 is 31.6 Å². The van der Waals surface area contributed by atoms with E-state index in [4.69, 9.17) is 10.5 Å². The molecule has 19 heavy (non-hydrogen) atoms. The molecule has 2 N–H and O–H groups in total. The lowest BCUT2D eigenvalue weighted by Crippen LogP contribution is -2.36. The molecule has 1 unspecified atom stereocenters. The maximum atomic E-state index is 12.6. The Balaban J connectivity index is 2.35. The SMILES string of the molecule is CC1CN(S(=O)(=O)c2ccc(Br)cc2N)CCCO1. The summed E-state index contributed by atoms with van der Waals surface area (Å²) in [6, 6.07) is 4.82. The van der Waals surface area contributed by atoms with Gasteiger partial charge < -0.3 is 10.5 Å². The standard InChI is InChI=1S/C12H17BrN2O3S/c1-9-8-15(5-2-6-18-9)19(16,17)12-4-3-10(13)7-11(12)14/h3-4,7,9H,2,5-6,8,14H2,1H3. The van der Waals surface area contributed by atoms with E-state index in [1.165, 1.54) is 10.4 Å². The second kappa shape index (κ2) is 5.78. The van der Waals surface area contributed by atoms with Crippen molar-refractivity contribution in [2.24, 2.45) is 0 Å². The molecule has 2 rings (SSSR count). The Hall–Kier alpha value is -0.630. The summed E-state index contributed by atoms with van der Waals surface area (Å²) >= 11 is 3.27. The number of nitrogens with two attached hydrogens (primary N) is 1. The molecule has 1 heterocycles. The van der Waals surface area contributed by atoms with Gasteiger partial charge in [-0.25, -0.2) is 8.42 Å². The molecule has 0 aromatic heterocycles. The molecule has 1 fully saturated rings. The number of halogens is 1. The fraction of sp³-hybridized carbons (Fsp3) is 0.500. The Bertz CT molecular complexity index is 562. The van der Waals surface area contributed by atoms with Gasteiger partial charge in [0.1, 0.15) is 4.90 Å². The minimum Gasteiger partial charge on any atom is -0.398 e. The van der Waals surface area contributed by atoms with Crippen LogP contribution >= 0.6 is 15.9 Å². The lowest BCUT2D eigenvalue weighted by Gasteiger charge is -2.22. The molecule has 0 saturated carbocycles. The van der Waals surface area contributed by atoms with E-state index in [-0.39, 0.29) is 16.7 Å². The highest BCUT2D eigenvalue weighted by atomic mass is 79.9. The average molecular weight is 349 g/mol. The van der Waals surface area contributed by atoms with E-state index in [1.54, 1.807) is 12.1 Å². The van der Waals surface area contributed by atoms with Gasteiger partial charge in [0.15, 0.2) is 0 Å². The van der Waals surface area contributed by atoms with Gasteiger partial charge in [-0.15, -0.1) is 0 Å². The summed E-state index contributed by atoms with van der Waals surface area (Å²) in [7, 11) is -3.56. The van der Waals surface area contributed by atoms with Crippen LogP contribution in [-0.2, 0) is 14.8 Å². The number of anilines is 1. The van der Waals surface area contributed by atoms with Gasteiger partial charge in [0.05, 0.1) is 11.8 Å². The van der Waals surface area contributed by atoms with Crippen LogP contribution < -0.4 is 5.73 Å². The van der Waals surface area contributed by atoms with Crippen molar-refractivity contribution in [3.05, 3.63) is 22.7 Å². The van der Waals surface area contributed by atoms with Crippen molar-refractivity contribution in [1.29, 1.82) is 0 Å². The summed E-state index contributed by atoms with van der Waals surface area (Å²) in [5.41, 5.74) is 6.08. The predicted octanol–water partition coefficient (Wildman–Crippen LogP) is 1.83. The molecule has 1 atom stereocenters. The number of benzene rings is 1. The highest BCUT2D eigenvalue weighted by molar-refractivity contribution is 9.10. The lowest BCUT2D eigenvalue weighted by atomic mass is 10.3. The first-order chi connectivity index (χ1) is 8.91. The molecule has 1 saturated heterocycles. The van der Waals surface area contributed by atoms with Crippen molar-refractivity contribution in [3.63, 3.8) is 0 Å². The smallest absolute Gasteiger partial charge is 0.245 e. The van der Waals surface area contributed by atoms with Gasteiger partial charge >= 0.3 is 0 Å². The van der Waals surface area contributed by atoms with Gasteiger partial charge in [0, 0.05) is 24.2 Å². The van der Waals surface area contributed by atoms with Crippen LogP contribution in [0.15, 0.2) is 27.6 Å². The molecule has 0 aliphatic carbocycles. The molecule has 106 valence electrons. The third kappa shape index (κ3) is 3.28. The van der Waals surface area contributed by atoms with Crippen LogP contribution in [0.2, 0.25) is 0 Å². The molecule has 1 aliphatic heterocycles. The van der Waals surface area contributed by atoms with Crippen molar-refractivity contribution in [3.8, 4) is 0 Å². The topological polar surface area (TPSA) is 72.6 Å². The van der Waals surface area contributed by atoms with Crippen LogP contribution in [0.4, 0.5) is 5.69 Å². The van der Waals surface area contributed by atoms with E-state index in [0.717, 1.165) is 4.47 Å². The summed E-state index contributed by atoms with van der Waals surface area (Å²) in [6.07, 6.45) is 0.592. The predicted molar refractivity (Wildman–Crippen MR) is 77.3 cm³/mol. The molecule has 5 nitrogen and oxygen atoms in total. The molecule has 0 amide bonds. The first-order valence-electron chi connectivity index (χ1n) is 6.08. The van der Waals surface area contributed by atoms with Gasteiger partial charge in [0.2, 0.25) is 10.0 Å². The largest absolute Gasteiger partial charge is 0.398 e. The minimum absolute atomic E-state index is 0.103. The van der Waals surface area contributed by atoms with Crippen LogP contribution in [-0.4, -0.2) is 38.5 Å². The zero-order valence-electron chi connectivity index (χ0n) is 10.7. The average Bonchev–Trinajstić information content (AvgIpc) is 2.53. The Morgan fingerprint density at radius 1 is 1.47 bits per heavy atom. The first-order valence-corrected chi connectivity index (χ1v) is 8.31. The molecular weight excluding hydrogens is 332 g/mol. The van der Waals surface area contributed by atoms with Crippen LogP contribution in [0.1, 0.15) is 13.3 Å². The number of nitrogens with zero attached hydrogens (tertiary/aromatic N) is 1. The van der Waals surface area contributed by atoms with Crippen LogP contribution in [0.25, 0.3) is 0 Å². The molecule has 0 bridgehead atoms. The molecular formula is C12H17BrN2O3S. The number of nitrogen functional groups attached to an aromatic ring is 1. The van der Waals surface area contributed by atoms with E-state index < -0.39 is 10.0 Å². The Morgan fingerprint density at radius 2 is 2.21 bits per heavy atom. The van der Waals surface area contributed by atoms with Crippen LogP contribution in [0.5, 0.6) is 0 Å². The Morgan fingerprint density at radius 3 is 2.89 bits per heavy atom. The maximum Gasteiger partial charge on any atom is 0.245 e.